The van der Waals surface area contributed by atoms with Crippen molar-refractivity contribution in [3.05, 3.63) is 48.7 Å². The van der Waals surface area contributed by atoms with E-state index in [0.29, 0.717) is 11.1 Å². The predicted octanol–water partition coefficient (Wildman–Crippen LogP) is 1.46. The van der Waals surface area contributed by atoms with Gasteiger partial charge in [-0.3, -0.25) is 5.32 Å². The van der Waals surface area contributed by atoms with E-state index in [4.69, 9.17) is 9.47 Å². The van der Waals surface area contributed by atoms with Crippen molar-refractivity contribution in [1.82, 2.24) is 24.7 Å². The quantitative estimate of drug-likeness (QED) is 0.610. The largest absolute Gasteiger partial charge is 0.467 e. The Labute approximate surface area is 166 Å². The number of ether oxygens (including phenoxy) is 2. The van der Waals surface area contributed by atoms with Crippen molar-refractivity contribution in [2.24, 2.45) is 0 Å². The van der Waals surface area contributed by atoms with E-state index in [0.717, 1.165) is 0 Å². The molecule has 0 aliphatic heterocycles. The number of aromatic nitrogens is 4. The highest BCUT2D eigenvalue weighted by atomic mass is 32.2. The fourth-order valence-corrected chi connectivity index (χ4v) is 3.38. The third-order valence-electron chi connectivity index (χ3n) is 3.52. The molecular formula is C17H16N6O5S. The first kappa shape index (κ1) is 19.9. The van der Waals surface area contributed by atoms with Crippen molar-refractivity contribution >= 4 is 22.0 Å². The Hall–Kier alpha value is -3.80. The molecule has 0 aliphatic carbocycles. The standard InChI is InChI=1S/C17H16N6O5S/c1-27-16-20-14(21-17(22-16)28-2)19-15(24)23-29(25,26)13-12(9-6-10-18-13)11-7-4-3-5-8-11/h3-10H,1-2H3,(H2,19,20,21,22,23,24). The monoisotopic (exact) mass is 416 g/mol. The molecule has 29 heavy (non-hydrogen) atoms. The molecule has 12 heteroatoms. The Morgan fingerprint density at radius 1 is 0.931 bits per heavy atom. The van der Waals surface area contributed by atoms with Gasteiger partial charge >= 0.3 is 18.1 Å². The number of anilines is 1. The molecule has 2 heterocycles. The molecule has 150 valence electrons. The zero-order valence-electron chi connectivity index (χ0n) is 15.4. The molecule has 0 saturated heterocycles. The van der Waals surface area contributed by atoms with E-state index in [1.807, 2.05) is 4.72 Å². The van der Waals surface area contributed by atoms with E-state index >= 15 is 0 Å². The number of pyridine rings is 1. The summed E-state index contributed by atoms with van der Waals surface area (Å²) in [6, 6.07) is 10.7. The van der Waals surface area contributed by atoms with Crippen molar-refractivity contribution in [2.75, 3.05) is 19.5 Å². The van der Waals surface area contributed by atoms with Crippen molar-refractivity contribution in [3.63, 3.8) is 0 Å². The lowest BCUT2D eigenvalue weighted by Gasteiger charge is -2.11. The molecule has 0 atom stereocenters. The maximum Gasteiger partial charge on any atom is 0.335 e. The first-order chi connectivity index (χ1) is 13.9. The van der Waals surface area contributed by atoms with Crippen LogP contribution >= 0.6 is 0 Å². The van der Waals surface area contributed by atoms with Crippen LogP contribution in [0.4, 0.5) is 10.7 Å². The Morgan fingerprint density at radius 2 is 1.59 bits per heavy atom. The molecule has 3 rings (SSSR count). The summed E-state index contributed by atoms with van der Waals surface area (Å²) in [6.07, 6.45) is 1.32. The summed E-state index contributed by atoms with van der Waals surface area (Å²) in [5.41, 5.74) is 0.977. The van der Waals surface area contributed by atoms with Gasteiger partial charge in [0.1, 0.15) is 0 Å². The number of hydrogen-bond acceptors (Lipinski definition) is 9. The number of sulfonamides is 1. The summed E-state index contributed by atoms with van der Waals surface area (Å²) in [4.78, 5) is 27.5. The number of rotatable bonds is 6. The van der Waals surface area contributed by atoms with Gasteiger partial charge in [-0.2, -0.15) is 18.4 Å². The van der Waals surface area contributed by atoms with Crippen molar-refractivity contribution in [1.29, 1.82) is 0 Å². The van der Waals surface area contributed by atoms with Gasteiger partial charge in [0.2, 0.25) is 5.95 Å². The highest BCUT2D eigenvalue weighted by Gasteiger charge is 2.24. The van der Waals surface area contributed by atoms with Crippen LogP contribution in [0.1, 0.15) is 0 Å². The molecule has 1 aromatic carbocycles. The molecule has 2 amide bonds. The number of amides is 2. The van der Waals surface area contributed by atoms with Gasteiger partial charge in [0.05, 0.1) is 14.2 Å². The number of carbonyl (C=O) groups is 1. The molecule has 0 unspecified atom stereocenters. The third kappa shape index (κ3) is 4.73. The average Bonchev–Trinajstić information content (AvgIpc) is 2.73. The van der Waals surface area contributed by atoms with Crippen LogP contribution in [-0.4, -0.2) is 48.6 Å². The second-order valence-electron chi connectivity index (χ2n) is 5.41. The van der Waals surface area contributed by atoms with Gasteiger partial charge in [-0.15, -0.1) is 4.98 Å². The van der Waals surface area contributed by atoms with Crippen LogP contribution in [0.15, 0.2) is 53.7 Å². The summed E-state index contributed by atoms with van der Waals surface area (Å²) < 4.78 is 37.1. The van der Waals surface area contributed by atoms with Gasteiger partial charge < -0.3 is 9.47 Å². The molecule has 0 aliphatic rings. The van der Waals surface area contributed by atoms with Crippen LogP contribution in [0, 0.1) is 0 Å². The minimum atomic E-state index is -4.30. The number of benzene rings is 1. The molecule has 2 aromatic heterocycles. The maximum atomic E-state index is 12.7. The zero-order valence-corrected chi connectivity index (χ0v) is 16.2. The van der Waals surface area contributed by atoms with Gasteiger partial charge in [0.25, 0.3) is 10.0 Å². The summed E-state index contributed by atoms with van der Waals surface area (Å²) in [5.74, 6) is -0.259. The molecule has 0 saturated carbocycles. The van der Waals surface area contributed by atoms with Gasteiger partial charge in [0.15, 0.2) is 5.03 Å². The molecule has 0 spiro atoms. The highest BCUT2D eigenvalue weighted by Crippen LogP contribution is 2.25. The zero-order chi connectivity index (χ0) is 20.9. The maximum absolute atomic E-state index is 12.7. The number of hydrogen-bond donors (Lipinski definition) is 2. The Balaban J connectivity index is 1.85. The number of nitrogens with one attached hydrogen (secondary N) is 2. The van der Waals surface area contributed by atoms with Gasteiger partial charge in [0, 0.05) is 11.8 Å². The third-order valence-corrected chi connectivity index (χ3v) is 4.81. The minimum absolute atomic E-state index is 0.119. The Kier molecular flexibility index (Phi) is 5.83. The average molecular weight is 416 g/mol. The smallest absolute Gasteiger partial charge is 0.335 e. The first-order valence-electron chi connectivity index (χ1n) is 8.11. The van der Waals surface area contributed by atoms with Crippen LogP contribution in [0.3, 0.4) is 0 Å². The molecule has 0 bridgehead atoms. The van der Waals surface area contributed by atoms with Crippen molar-refractivity contribution < 1.29 is 22.7 Å². The summed E-state index contributed by atoms with van der Waals surface area (Å²) >= 11 is 0. The SMILES string of the molecule is COc1nc(NC(=O)NS(=O)(=O)c2ncccc2-c2ccccc2)nc(OC)n1. The molecule has 0 radical (unpaired) electrons. The lowest BCUT2D eigenvalue weighted by Crippen LogP contribution is -2.35. The van der Waals surface area contributed by atoms with E-state index in [-0.39, 0.29) is 23.0 Å². The predicted molar refractivity (Wildman–Crippen MR) is 102 cm³/mol. The fourth-order valence-electron chi connectivity index (χ4n) is 2.32. The van der Waals surface area contributed by atoms with Crippen molar-refractivity contribution in [3.8, 4) is 23.1 Å². The number of methoxy groups -OCH3 is 2. The van der Waals surface area contributed by atoms with Crippen LogP contribution in [0.2, 0.25) is 0 Å². The number of carbonyl (C=O) groups excluding carboxylic acids is 1. The Bertz CT molecular complexity index is 1100. The minimum Gasteiger partial charge on any atom is -0.467 e. The van der Waals surface area contributed by atoms with E-state index < -0.39 is 16.1 Å². The van der Waals surface area contributed by atoms with Crippen molar-refractivity contribution in [2.45, 2.75) is 5.03 Å². The topological polar surface area (TPSA) is 145 Å². The number of urea groups is 1. The van der Waals surface area contributed by atoms with Gasteiger partial charge in [-0.05, 0) is 17.7 Å². The number of nitrogens with zero attached hydrogens (tertiary/aromatic N) is 4. The summed E-state index contributed by atoms with van der Waals surface area (Å²) in [5, 5.41) is 1.90. The lowest BCUT2D eigenvalue weighted by molar-refractivity contribution is 0.256. The van der Waals surface area contributed by atoms with E-state index in [2.05, 4.69) is 25.3 Å². The molecule has 11 nitrogen and oxygen atoms in total. The molecule has 2 N–H and O–H groups in total. The normalized spacial score (nSPS) is 10.8. The summed E-state index contributed by atoms with van der Waals surface area (Å²) in [7, 11) is -1.67. The Morgan fingerprint density at radius 3 is 2.21 bits per heavy atom. The van der Waals surface area contributed by atoms with Gasteiger partial charge in [-0.25, -0.2) is 14.5 Å². The molecule has 0 fully saturated rings. The highest BCUT2D eigenvalue weighted by molar-refractivity contribution is 7.90. The van der Waals surface area contributed by atoms with E-state index in [1.54, 1.807) is 42.5 Å². The molecule has 3 aromatic rings. The first-order valence-corrected chi connectivity index (χ1v) is 9.59. The van der Waals surface area contributed by atoms with E-state index in [1.165, 1.54) is 20.4 Å². The fraction of sp³-hybridized carbons (Fsp3) is 0.118. The van der Waals surface area contributed by atoms with E-state index in [9.17, 15) is 13.2 Å². The van der Waals surface area contributed by atoms with Crippen LogP contribution < -0.4 is 19.5 Å². The second kappa shape index (κ2) is 8.48. The van der Waals surface area contributed by atoms with Crippen LogP contribution in [-0.2, 0) is 10.0 Å². The lowest BCUT2D eigenvalue weighted by atomic mass is 10.1. The van der Waals surface area contributed by atoms with Crippen LogP contribution in [0.5, 0.6) is 12.0 Å². The summed E-state index contributed by atoms with van der Waals surface area (Å²) in [6.45, 7) is 0. The van der Waals surface area contributed by atoms with Gasteiger partial charge in [-0.1, -0.05) is 30.3 Å². The molecular weight excluding hydrogens is 400 g/mol. The second-order valence-corrected chi connectivity index (χ2v) is 7.01. The van der Waals surface area contributed by atoms with Crippen LogP contribution in [0.25, 0.3) is 11.1 Å².